The quantitative estimate of drug-likeness (QED) is 0.552. The Bertz CT molecular complexity index is 1070. The maximum Gasteiger partial charge on any atom is 0.247 e. The van der Waals surface area contributed by atoms with Crippen LogP contribution in [0.5, 0.6) is 0 Å². The van der Waals surface area contributed by atoms with Crippen LogP contribution in [0.2, 0.25) is 0 Å². The number of sulfonamides is 1. The molecule has 1 amide bonds. The molecule has 1 atom stereocenters. The van der Waals surface area contributed by atoms with E-state index >= 15 is 0 Å². The van der Waals surface area contributed by atoms with Gasteiger partial charge in [-0.05, 0) is 43.5 Å². The lowest BCUT2D eigenvalue weighted by molar-refractivity contribution is -0.119. The fraction of sp³-hybridized carbons (Fsp3) is 0.500. The Morgan fingerprint density at radius 1 is 1.22 bits per heavy atom. The average molecular weight is 478 g/mol. The second-order valence-corrected chi connectivity index (χ2v) is 10.3. The molecule has 0 radical (unpaired) electrons. The molecule has 1 aromatic heterocycles. The molecule has 0 aliphatic carbocycles. The van der Waals surface area contributed by atoms with Gasteiger partial charge < -0.3 is 11.1 Å². The summed E-state index contributed by atoms with van der Waals surface area (Å²) in [7, 11) is -3.55. The van der Waals surface area contributed by atoms with E-state index in [0.29, 0.717) is 30.4 Å². The van der Waals surface area contributed by atoms with Crippen LogP contribution in [0.1, 0.15) is 45.1 Å². The standard InChI is InChI=1S/C20H27N7O3S2/c1-2-17(27-19(22)24-25-20(27)31-14-11-21)18(28)23-15-7-9-16(10-8-15)32(29,30)26-12-5-3-4-6-13-26/h7-10,17H,2-6,12-14H2,1H3,(H2,22,24)(H,23,28). The fourth-order valence-electron chi connectivity index (χ4n) is 3.63. The minimum absolute atomic E-state index is 0.0892. The molecule has 1 aliphatic heterocycles. The number of carbonyl (C=O) groups excluding carboxylic acids is 1. The summed E-state index contributed by atoms with van der Waals surface area (Å²) in [4.78, 5) is 13.2. The molecule has 3 N–H and O–H groups in total. The summed E-state index contributed by atoms with van der Waals surface area (Å²) in [5.41, 5.74) is 6.39. The summed E-state index contributed by atoms with van der Waals surface area (Å²) in [5.74, 6) is -0.0874. The van der Waals surface area contributed by atoms with Gasteiger partial charge in [-0.15, -0.1) is 10.2 Å². The third kappa shape index (κ3) is 5.40. The van der Waals surface area contributed by atoms with Crippen LogP contribution in [0.3, 0.4) is 0 Å². The summed E-state index contributed by atoms with van der Waals surface area (Å²) >= 11 is 1.15. The van der Waals surface area contributed by atoms with E-state index in [1.54, 1.807) is 12.1 Å². The van der Waals surface area contributed by atoms with Gasteiger partial charge in [-0.3, -0.25) is 9.36 Å². The Kier molecular flexibility index (Phi) is 8.11. The molecule has 0 saturated carbocycles. The van der Waals surface area contributed by atoms with Gasteiger partial charge in [0.1, 0.15) is 6.04 Å². The molecule has 3 rings (SSSR count). The molecule has 32 heavy (non-hydrogen) atoms. The fourth-order valence-corrected chi connectivity index (χ4v) is 5.80. The van der Waals surface area contributed by atoms with E-state index in [4.69, 9.17) is 11.0 Å². The molecule has 1 aliphatic rings. The molecule has 0 spiro atoms. The number of rotatable bonds is 8. The Morgan fingerprint density at radius 3 is 2.47 bits per heavy atom. The Labute approximate surface area is 192 Å². The number of nitrogens with two attached hydrogens (primary N) is 1. The summed E-state index contributed by atoms with van der Waals surface area (Å²) in [6.45, 7) is 2.90. The van der Waals surface area contributed by atoms with Crippen molar-refractivity contribution in [3.63, 3.8) is 0 Å². The van der Waals surface area contributed by atoms with Gasteiger partial charge in [0.15, 0.2) is 5.16 Å². The van der Waals surface area contributed by atoms with Gasteiger partial charge in [-0.1, -0.05) is 31.5 Å². The SMILES string of the molecule is CCC(C(=O)Nc1ccc(S(=O)(=O)N2CCCCCC2)cc1)n1c(N)nnc1SCC#N. The predicted octanol–water partition coefficient (Wildman–Crippen LogP) is 2.63. The number of nitrogen functional groups attached to an aromatic ring is 1. The van der Waals surface area contributed by atoms with E-state index in [1.165, 1.54) is 21.0 Å². The number of aromatic nitrogens is 3. The van der Waals surface area contributed by atoms with Crippen LogP contribution >= 0.6 is 11.8 Å². The highest BCUT2D eigenvalue weighted by molar-refractivity contribution is 7.99. The van der Waals surface area contributed by atoms with Gasteiger partial charge in [-0.2, -0.15) is 9.57 Å². The second kappa shape index (κ2) is 10.8. The van der Waals surface area contributed by atoms with Crippen molar-refractivity contribution in [2.75, 3.05) is 29.9 Å². The summed E-state index contributed by atoms with van der Waals surface area (Å²) < 4.78 is 28.9. The van der Waals surface area contributed by atoms with Gasteiger partial charge in [-0.25, -0.2) is 8.42 Å². The minimum Gasteiger partial charge on any atom is -0.368 e. The number of nitriles is 1. The van der Waals surface area contributed by atoms with E-state index in [2.05, 4.69) is 15.5 Å². The third-order valence-corrected chi connectivity index (χ3v) is 8.01. The number of hydrogen-bond donors (Lipinski definition) is 2. The molecule has 10 nitrogen and oxygen atoms in total. The number of nitrogens with one attached hydrogen (secondary N) is 1. The van der Waals surface area contributed by atoms with Gasteiger partial charge in [0.2, 0.25) is 21.9 Å². The first kappa shape index (κ1) is 24.0. The maximum absolute atomic E-state index is 12.9. The van der Waals surface area contributed by atoms with Crippen LogP contribution in [-0.2, 0) is 14.8 Å². The zero-order chi connectivity index (χ0) is 23.1. The maximum atomic E-state index is 12.9. The molecule has 1 saturated heterocycles. The first-order valence-corrected chi connectivity index (χ1v) is 12.9. The van der Waals surface area contributed by atoms with Crippen molar-refractivity contribution in [3.05, 3.63) is 24.3 Å². The van der Waals surface area contributed by atoms with Crippen molar-refractivity contribution in [1.82, 2.24) is 19.1 Å². The third-order valence-electron chi connectivity index (χ3n) is 5.28. The lowest BCUT2D eigenvalue weighted by Crippen LogP contribution is -2.32. The highest BCUT2D eigenvalue weighted by atomic mass is 32.2. The monoisotopic (exact) mass is 477 g/mol. The van der Waals surface area contributed by atoms with Gasteiger partial charge in [0.25, 0.3) is 0 Å². The van der Waals surface area contributed by atoms with Crippen molar-refractivity contribution < 1.29 is 13.2 Å². The number of carbonyl (C=O) groups is 1. The summed E-state index contributed by atoms with van der Waals surface area (Å²) in [5, 5.41) is 19.8. The molecular weight excluding hydrogens is 450 g/mol. The van der Waals surface area contributed by atoms with Crippen LogP contribution in [-0.4, -0.2) is 52.2 Å². The number of amides is 1. The minimum atomic E-state index is -3.55. The average Bonchev–Trinajstić information content (AvgIpc) is 2.97. The first-order valence-electron chi connectivity index (χ1n) is 10.5. The zero-order valence-electron chi connectivity index (χ0n) is 17.9. The second-order valence-electron chi connectivity index (χ2n) is 7.41. The van der Waals surface area contributed by atoms with Crippen LogP contribution in [0.4, 0.5) is 11.6 Å². The molecule has 2 heterocycles. The Hall–Kier alpha value is -2.62. The Morgan fingerprint density at radius 2 is 1.88 bits per heavy atom. The predicted molar refractivity (Wildman–Crippen MR) is 122 cm³/mol. The largest absolute Gasteiger partial charge is 0.368 e. The zero-order valence-corrected chi connectivity index (χ0v) is 19.5. The number of benzene rings is 1. The van der Waals surface area contributed by atoms with Gasteiger partial charge in [0.05, 0.1) is 16.7 Å². The van der Waals surface area contributed by atoms with Crippen molar-refractivity contribution in [1.29, 1.82) is 5.26 Å². The topological polar surface area (TPSA) is 147 Å². The molecule has 1 fully saturated rings. The van der Waals surface area contributed by atoms with Crippen LogP contribution < -0.4 is 11.1 Å². The van der Waals surface area contributed by atoms with Gasteiger partial charge >= 0.3 is 0 Å². The van der Waals surface area contributed by atoms with E-state index in [9.17, 15) is 13.2 Å². The van der Waals surface area contributed by atoms with Crippen molar-refractivity contribution in [3.8, 4) is 6.07 Å². The number of anilines is 2. The van der Waals surface area contributed by atoms with E-state index in [0.717, 1.165) is 37.4 Å². The summed E-state index contributed by atoms with van der Waals surface area (Å²) in [6, 6.07) is 7.52. The Balaban J connectivity index is 1.74. The lowest BCUT2D eigenvalue weighted by Gasteiger charge is -2.20. The number of thioether (sulfide) groups is 1. The van der Waals surface area contributed by atoms with Crippen molar-refractivity contribution >= 4 is 39.3 Å². The van der Waals surface area contributed by atoms with Crippen molar-refractivity contribution in [2.24, 2.45) is 0 Å². The molecule has 2 aromatic rings. The normalized spacial score (nSPS) is 16.1. The molecular formula is C20H27N7O3S2. The van der Waals surface area contributed by atoms with Gasteiger partial charge in [0, 0.05) is 18.8 Å². The van der Waals surface area contributed by atoms with E-state index in [-0.39, 0.29) is 22.5 Å². The molecule has 1 unspecified atom stereocenters. The lowest BCUT2D eigenvalue weighted by atomic mass is 10.2. The molecule has 172 valence electrons. The highest BCUT2D eigenvalue weighted by Crippen LogP contribution is 2.27. The van der Waals surface area contributed by atoms with Crippen molar-refractivity contribution in [2.45, 2.75) is 55.1 Å². The number of hydrogen-bond acceptors (Lipinski definition) is 8. The molecule has 0 bridgehead atoms. The molecule has 1 aromatic carbocycles. The van der Waals surface area contributed by atoms with Crippen LogP contribution in [0, 0.1) is 11.3 Å². The van der Waals surface area contributed by atoms with Crippen LogP contribution in [0.25, 0.3) is 0 Å². The summed E-state index contributed by atoms with van der Waals surface area (Å²) in [6.07, 6.45) is 4.25. The number of nitrogens with zero attached hydrogens (tertiary/aromatic N) is 5. The smallest absolute Gasteiger partial charge is 0.247 e. The van der Waals surface area contributed by atoms with Crippen LogP contribution in [0.15, 0.2) is 34.3 Å². The molecule has 12 heteroatoms. The first-order chi connectivity index (χ1) is 15.4. The highest BCUT2D eigenvalue weighted by Gasteiger charge is 2.27. The van der Waals surface area contributed by atoms with E-state index in [1.807, 2.05) is 13.0 Å². The van der Waals surface area contributed by atoms with E-state index < -0.39 is 16.1 Å².